The maximum absolute atomic E-state index is 12.1. The van der Waals surface area contributed by atoms with E-state index in [1.165, 1.54) is 18.2 Å². The van der Waals surface area contributed by atoms with E-state index in [4.69, 9.17) is 5.73 Å². The van der Waals surface area contributed by atoms with Crippen LogP contribution in [0.15, 0.2) is 70.6 Å². The summed E-state index contributed by atoms with van der Waals surface area (Å²) >= 11 is 0. The Morgan fingerprint density at radius 2 is 1.39 bits per heavy atom. The SMILES string of the molecule is N/C(=C\c1ccccc1)S(=O)(=O)c1ccccc1. The van der Waals surface area contributed by atoms with Gasteiger partial charge in [-0.25, -0.2) is 8.42 Å². The smallest absolute Gasteiger partial charge is 0.221 e. The monoisotopic (exact) mass is 259 g/mol. The molecule has 2 aromatic rings. The summed E-state index contributed by atoms with van der Waals surface area (Å²) in [4.78, 5) is 0.203. The van der Waals surface area contributed by atoms with Crippen LogP contribution in [0.2, 0.25) is 0 Å². The standard InChI is InChI=1S/C14H13NO2S/c15-14(11-12-7-3-1-4-8-12)18(16,17)13-9-5-2-6-10-13/h1-11H,15H2/b14-11+. The zero-order valence-corrected chi connectivity index (χ0v) is 10.5. The number of rotatable bonds is 3. The molecule has 0 fully saturated rings. The summed E-state index contributed by atoms with van der Waals surface area (Å²) in [5.74, 6) is 0. The fourth-order valence-electron chi connectivity index (χ4n) is 1.53. The maximum Gasteiger partial charge on any atom is 0.221 e. The first-order valence-corrected chi connectivity index (χ1v) is 6.91. The molecule has 0 aliphatic carbocycles. The fourth-order valence-corrected chi connectivity index (χ4v) is 2.61. The highest BCUT2D eigenvalue weighted by atomic mass is 32.2. The Morgan fingerprint density at radius 1 is 0.889 bits per heavy atom. The molecular formula is C14H13NO2S. The van der Waals surface area contributed by atoms with Gasteiger partial charge in [0.05, 0.1) is 4.90 Å². The van der Waals surface area contributed by atoms with Gasteiger partial charge in [0.25, 0.3) is 0 Å². The van der Waals surface area contributed by atoms with Crippen LogP contribution >= 0.6 is 0 Å². The van der Waals surface area contributed by atoms with Crippen LogP contribution in [0.1, 0.15) is 5.56 Å². The van der Waals surface area contributed by atoms with E-state index in [1.54, 1.807) is 30.3 Å². The van der Waals surface area contributed by atoms with Gasteiger partial charge in [-0.1, -0.05) is 48.5 Å². The molecule has 18 heavy (non-hydrogen) atoms. The van der Waals surface area contributed by atoms with E-state index >= 15 is 0 Å². The number of hydrogen-bond acceptors (Lipinski definition) is 3. The molecule has 0 saturated carbocycles. The molecule has 92 valence electrons. The zero-order chi connectivity index (χ0) is 13.0. The Morgan fingerprint density at radius 3 is 1.94 bits per heavy atom. The molecule has 2 aromatic carbocycles. The van der Waals surface area contributed by atoms with Crippen LogP contribution in [0.3, 0.4) is 0 Å². The van der Waals surface area contributed by atoms with Gasteiger partial charge in [-0.15, -0.1) is 0 Å². The minimum absolute atomic E-state index is 0.153. The quantitative estimate of drug-likeness (QED) is 0.920. The van der Waals surface area contributed by atoms with Gasteiger partial charge in [0, 0.05) is 0 Å². The Kier molecular flexibility index (Phi) is 3.48. The second-order valence-electron chi connectivity index (χ2n) is 3.77. The molecule has 0 radical (unpaired) electrons. The predicted octanol–water partition coefficient (Wildman–Crippen LogP) is 2.42. The van der Waals surface area contributed by atoms with E-state index in [0.29, 0.717) is 0 Å². The van der Waals surface area contributed by atoms with E-state index in [2.05, 4.69) is 0 Å². The highest BCUT2D eigenvalue weighted by Crippen LogP contribution is 2.17. The highest BCUT2D eigenvalue weighted by Gasteiger charge is 2.17. The first kappa shape index (κ1) is 12.4. The second kappa shape index (κ2) is 5.06. The lowest BCUT2D eigenvalue weighted by atomic mass is 10.2. The molecule has 0 bridgehead atoms. The van der Waals surface area contributed by atoms with Crippen LogP contribution in [0.4, 0.5) is 0 Å². The van der Waals surface area contributed by atoms with Crippen molar-refractivity contribution >= 4 is 15.9 Å². The Balaban J connectivity index is 2.40. The van der Waals surface area contributed by atoms with Crippen molar-refractivity contribution in [3.63, 3.8) is 0 Å². The molecule has 0 aliphatic rings. The molecule has 3 nitrogen and oxygen atoms in total. The predicted molar refractivity (Wildman–Crippen MR) is 72.2 cm³/mol. The minimum Gasteiger partial charge on any atom is -0.389 e. The van der Waals surface area contributed by atoms with Gasteiger partial charge in [0.15, 0.2) is 0 Å². The van der Waals surface area contributed by atoms with Gasteiger partial charge in [0.1, 0.15) is 5.03 Å². The lowest BCUT2D eigenvalue weighted by Gasteiger charge is -2.04. The van der Waals surface area contributed by atoms with Gasteiger partial charge in [-0.05, 0) is 23.8 Å². The summed E-state index contributed by atoms with van der Waals surface area (Å²) < 4.78 is 24.3. The summed E-state index contributed by atoms with van der Waals surface area (Å²) in [6.45, 7) is 0. The molecular weight excluding hydrogens is 246 g/mol. The topological polar surface area (TPSA) is 60.2 Å². The fraction of sp³-hybridized carbons (Fsp3) is 0. The van der Waals surface area contributed by atoms with Crippen molar-refractivity contribution in [2.45, 2.75) is 4.90 Å². The van der Waals surface area contributed by atoms with E-state index in [9.17, 15) is 8.42 Å². The average molecular weight is 259 g/mol. The summed E-state index contributed by atoms with van der Waals surface area (Å²) in [6.07, 6.45) is 1.46. The molecule has 0 unspecified atom stereocenters. The number of sulfone groups is 1. The van der Waals surface area contributed by atoms with E-state index in [1.807, 2.05) is 18.2 Å². The first-order chi connectivity index (χ1) is 8.60. The normalized spacial score (nSPS) is 12.3. The van der Waals surface area contributed by atoms with Crippen LogP contribution in [0.25, 0.3) is 6.08 Å². The van der Waals surface area contributed by atoms with Crippen molar-refractivity contribution in [3.8, 4) is 0 Å². The van der Waals surface area contributed by atoms with Crippen LogP contribution in [-0.2, 0) is 9.84 Å². The van der Waals surface area contributed by atoms with E-state index < -0.39 is 9.84 Å². The summed E-state index contributed by atoms with van der Waals surface area (Å²) in [5.41, 5.74) is 6.45. The first-order valence-electron chi connectivity index (χ1n) is 5.43. The Labute approximate surface area is 106 Å². The molecule has 0 heterocycles. The molecule has 0 aliphatic heterocycles. The van der Waals surface area contributed by atoms with Crippen molar-refractivity contribution in [3.05, 3.63) is 71.3 Å². The third kappa shape index (κ3) is 2.60. The van der Waals surface area contributed by atoms with Crippen molar-refractivity contribution in [1.82, 2.24) is 0 Å². The van der Waals surface area contributed by atoms with Crippen LogP contribution in [0, 0.1) is 0 Å². The molecule has 0 spiro atoms. The van der Waals surface area contributed by atoms with Gasteiger partial charge in [-0.3, -0.25) is 0 Å². The zero-order valence-electron chi connectivity index (χ0n) is 9.65. The molecule has 2 rings (SSSR count). The Bertz CT molecular complexity index is 647. The summed E-state index contributed by atoms with van der Waals surface area (Å²) in [5, 5.41) is -0.153. The molecule has 0 amide bonds. The lowest BCUT2D eigenvalue weighted by Crippen LogP contribution is -2.12. The molecule has 2 N–H and O–H groups in total. The molecule has 4 heteroatoms. The van der Waals surface area contributed by atoms with Crippen molar-refractivity contribution < 1.29 is 8.42 Å². The van der Waals surface area contributed by atoms with Crippen LogP contribution in [0.5, 0.6) is 0 Å². The lowest BCUT2D eigenvalue weighted by molar-refractivity contribution is 0.602. The average Bonchev–Trinajstić information content (AvgIpc) is 2.41. The molecule has 0 saturated heterocycles. The van der Waals surface area contributed by atoms with E-state index in [0.717, 1.165) is 5.56 Å². The third-order valence-electron chi connectivity index (χ3n) is 2.47. The largest absolute Gasteiger partial charge is 0.389 e. The van der Waals surface area contributed by atoms with Gasteiger partial charge in [-0.2, -0.15) is 0 Å². The number of benzene rings is 2. The number of hydrogen-bond donors (Lipinski definition) is 1. The summed E-state index contributed by atoms with van der Waals surface area (Å²) in [7, 11) is -3.60. The van der Waals surface area contributed by atoms with Gasteiger partial charge in [0.2, 0.25) is 9.84 Å². The minimum atomic E-state index is -3.60. The summed E-state index contributed by atoms with van der Waals surface area (Å²) in [6, 6.07) is 17.3. The molecule has 0 aromatic heterocycles. The molecule has 0 atom stereocenters. The van der Waals surface area contributed by atoms with Gasteiger partial charge >= 0.3 is 0 Å². The number of nitrogens with two attached hydrogens (primary N) is 1. The van der Waals surface area contributed by atoms with Crippen molar-refractivity contribution in [1.29, 1.82) is 0 Å². The third-order valence-corrected chi connectivity index (χ3v) is 4.10. The van der Waals surface area contributed by atoms with Crippen molar-refractivity contribution in [2.75, 3.05) is 0 Å². The Hall–Kier alpha value is -2.07. The van der Waals surface area contributed by atoms with Crippen molar-refractivity contribution in [2.24, 2.45) is 5.73 Å². The highest BCUT2D eigenvalue weighted by molar-refractivity contribution is 7.95. The van der Waals surface area contributed by atoms with Crippen LogP contribution < -0.4 is 5.73 Å². The van der Waals surface area contributed by atoms with Gasteiger partial charge < -0.3 is 5.73 Å². The van der Waals surface area contributed by atoms with E-state index in [-0.39, 0.29) is 9.92 Å². The second-order valence-corrected chi connectivity index (χ2v) is 5.72. The maximum atomic E-state index is 12.1. The van der Waals surface area contributed by atoms with Crippen LogP contribution in [-0.4, -0.2) is 8.42 Å².